The number of aromatic amines is 1. The fourth-order valence-electron chi connectivity index (χ4n) is 1.57. The van der Waals surface area contributed by atoms with Gasteiger partial charge >= 0.3 is 0 Å². The Kier molecular flexibility index (Phi) is 1.71. The van der Waals surface area contributed by atoms with Gasteiger partial charge in [0.05, 0.1) is 5.36 Å². The first-order valence-corrected chi connectivity index (χ1v) is 4.76. The van der Waals surface area contributed by atoms with Crippen molar-refractivity contribution in [3.8, 4) is 0 Å². The number of aromatic nitrogens is 1. The molecule has 0 atom stereocenters. The van der Waals surface area contributed by atoms with E-state index in [1.54, 1.807) is 0 Å². The highest BCUT2D eigenvalue weighted by Gasteiger charge is 2.05. The SMILES string of the molecule is C1=c2ccccc2=NNN1c1ccc[nH]1. The molecule has 2 N–H and O–H groups in total. The van der Waals surface area contributed by atoms with Crippen LogP contribution in [0.4, 0.5) is 5.82 Å². The van der Waals surface area contributed by atoms with Crippen molar-refractivity contribution in [3.63, 3.8) is 0 Å². The van der Waals surface area contributed by atoms with E-state index < -0.39 is 0 Å². The standard InChI is InChI=1S/C11H10N4/c1-2-5-10-9(4-1)8-15(14-13-10)11-6-3-7-12-11/h1-8,12,14H. The molecular formula is C11H10N4. The number of nitrogens with zero attached hydrogens (tertiary/aromatic N) is 2. The molecule has 1 aromatic carbocycles. The minimum Gasteiger partial charge on any atom is -0.347 e. The van der Waals surface area contributed by atoms with Crippen LogP contribution in [-0.2, 0) is 0 Å². The molecule has 15 heavy (non-hydrogen) atoms. The van der Waals surface area contributed by atoms with Gasteiger partial charge in [-0.25, -0.2) is 10.5 Å². The zero-order valence-electron chi connectivity index (χ0n) is 8.01. The van der Waals surface area contributed by atoms with Crippen LogP contribution in [0.3, 0.4) is 0 Å². The molecule has 2 heterocycles. The second-order valence-corrected chi connectivity index (χ2v) is 3.33. The first-order chi connectivity index (χ1) is 7.43. The molecule has 74 valence electrons. The number of fused-ring (bicyclic) bond motifs is 1. The second-order valence-electron chi connectivity index (χ2n) is 3.33. The van der Waals surface area contributed by atoms with E-state index in [0.717, 1.165) is 16.4 Å². The number of H-pyrrole nitrogens is 1. The monoisotopic (exact) mass is 198 g/mol. The third kappa shape index (κ3) is 1.36. The molecule has 2 aromatic rings. The Labute approximate surface area is 86.5 Å². The molecule has 0 amide bonds. The summed E-state index contributed by atoms with van der Waals surface area (Å²) in [7, 11) is 0. The van der Waals surface area contributed by atoms with Crippen molar-refractivity contribution in [3.05, 3.63) is 53.2 Å². The van der Waals surface area contributed by atoms with Crippen molar-refractivity contribution in [2.24, 2.45) is 5.10 Å². The minimum atomic E-state index is 0.959. The topological polar surface area (TPSA) is 43.4 Å². The van der Waals surface area contributed by atoms with Gasteiger partial charge in [0.1, 0.15) is 5.82 Å². The van der Waals surface area contributed by atoms with Gasteiger partial charge in [-0.3, -0.25) is 0 Å². The Morgan fingerprint density at radius 3 is 2.87 bits per heavy atom. The summed E-state index contributed by atoms with van der Waals surface area (Å²) >= 11 is 0. The van der Waals surface area contributed by atoms with Crippen LogP contribution >= 0.6 is 0 Å². The summed E-state index contributed by atoms with van der Waals surface area (Å²) in [6.45, 7) is 0. The molecule has 4 nitrogen and oxygen atoms in total. The van der Waals surface area contributed by atoms with Gasteiger partial charge in [0, 0.05) is 17.6 Å². The molecule has 0 aliphatic carbocycles. The van der Waals surface area contributed by atoms with Gasteiger partial charge in [-0.05, 0) is 18.2 Å². The van der Waals surface area contributed by atoms with Crippen LogP contribution in [0.1, 0.15) is 0 Å². The molecule has 0 saturated heterocycles. The summed E-state index contributed by atoms with van der Waals surface area (Å²) in [6, 6.07) is 11.9. The molecule has 4 heteroatoms. The number of rotatable bonds is 1. The molecule has 1 aliphatic rings. The molecule has 0 saturated carbocycles. The number of hydrogen-bond donors (Lipinski definition) is 2. The van der Waals surface area contributed by atoms with E-state index in [9.17, 15) is 0 Å². The van der Waals surface area contributed by atoms with Crippen LogP contribution in [0.2, 0.25) is 0 Å². The lowest BCUT2D eigenvalue weighted by atomic mass is 10.3. The first-order valence-electron chi connectivity index (χ1n) is 4.76. The number of benzene rings is 1. The van der Waals surface area contributed by atoms with E-state index in [4.69, 9.17) is 0 Å². The van der Waals surface area contributed by atoms with Gasteiger partial charge in [0.2, 0.25) is 0 Å². The van der Waals surface area contributed by atoms with Gasteiger partial charge in [0.25, 0.3) is 0 Å². The number of hydrogen-bond acceptors (Lipinski definition) is 3. The normalized spacial score (nSPS) is 13.5. The third-order valence-corrected chi connectivity index (χ3v) is 2.32. The summed E-state index contributed by atoms with van der Waals surface area (Å²) in [5, 5.41) is 8.17. The average molecular weight is 198 g/mol. The quantitative estimate of drug-likeness (QED) is 0.692. The van der Waals surface area contributed by atoms with Gasteiger partial charge < -0.3 is 4.98 Å². The maximum Gasteiger partial charge on any atom is 0.130 e. The molecule has 1 aliphatic heterocycles. The van der Waals surface area contributed by atoms with E-state index in [1.165, 1.54) is 0 Å². The van der Waals surface area contributed by atoms with Crippen molar-refractivity contribution < 1.29 is 0 Å². The molecule has 0 spiro atoms. The van der Waals surface area contributed by atoms with Gasteiger partial charge in [-0.1, -0.05) is 18.2 Å². The molecule has 0 radical (unpaired) electrons. The van der Waals surface area contributed by atoms with Crippen LogP contribution in [0, 0.1) is 0 Å². The Hall–Kier alpha value is -2.23. The number of nitrogens with one attached hydrogen (secondary N) is 2. The lowest BCUT2D eigenvalue weighted by molar-refractivity contribution is 0.724. The highest BCUT2D eigenvalue weighted by atomic mass is 15.7. The third-order valence-electron chi connectivity index (χ3n) is 2.32. The van der Waals surface area contributed by atoms with Gasteiger partial charge in [-0.2, -0.15) is 5.10 Å². The smallest absolute Gasteiger partial charge is 0.130 e. The number of hydrazine groups is 1. The summed E-state index contributed by atoms with van der Waals surface area (Å²) in [5.41, 5.74) is 2.95. The maximum atomic E-state index is 4.26. The largest absolute Gasteiger partial charge is 0.347 e. The molecule has 0 bridgehead atoms. The lowest BCUT2D eigenvalue weighted by Gasteiger charge is -2.19. The van der Waals surface area contributed by atoms with E-state index in [-0.39, 0.29) is 0 Å². The maximum absolute atomic E-state index is 4.26. The predicted octanol–water partition coefficient (Wildman–Crippen LogP) is 0.312. The Bertz CT molecular complexity index is 571. The fourth-order valence-corrected chi connectivity index (χ4v) is 1.57. The minimum absolute atomic E-state index is 0.959. The van der Waals surface area contributed by atoms with Crippen molar-refractivity contribution in [1.82, 2.24) is 10.5 Å². The van der Waals surface area contributed by atoms with E-state index in [2.05, 4.69) is 15.6 Å². The van der Waals surface area contributed by atoms with Crippen molar-refractivity contribution >= 4 is 12.0 Å². The first kappa shape index (κ1) is 8.11. The van der Waals surface area contributed by atoms with E-state index >= 15 is 0 Å². The molecule has 0 unspecified atom stereocenters. The van der Waals surface area contributed by atoms with Crippen LogP contribution in [0.15, 0.2) is 47.7 Å². The van der Waals surface area contributed by atoms with Crippen molar-refractivity contribution in [2.75, 3.05) is 5.01 Å². The van der Waals surface area contributed by atoms with Crippen LogP contribution in [0.5, 0.6) is 0 Å². The van der Waals surface area contributed by atoms with Gasteiger partial charge in [-0.15, -0.1) is 0 Å². The van der Waals surface area contributed by atoms with Crippen LogP contribution in [-0.4, -0.2) is 4.98 Å². The summed E-state index contributed by atoms with van der Waals surface area (Å²) in [6.07, 6.45) is 3.89. The van der Waals surface area contributed by atoms with Crippen LogP contribution in [0.25, 0.3) is 6.20 Å². The number of anilines is 1. The molecule has 3 rings (SSSR count). The zero-order valence-corrected chi connectivity index (χ0v) is 8.01. The predicted molar refractivity (Wildman–Crippen MR) is 58.1 cm³/mol. The summed E-state index contributed by atoms with van der Waals surface area (Å²) in [4.78, 5) is 3.11. The molecule has 1 aromatic heterocycles. The lowest BCUT2D eigenvalue weighted by Crippen LogP contribution is -2.42. The summed E-state index contributed by atoms with van der Waals surface area (Å²) in [5.74, 6) is 0.966. The zero-order chi connectivity index (χ0) is 10.1. The van der Waals surface area contributed by atoms with Crippen LogP contribution < -0.4 is 21.1 Å². The van der Waals surface area contributed by atoms with Gasteiger partial charge in [0.15, 0.2) is 0 Å². The van der Waals surface area contributed by atoms with E-state index in [0.29, 0.717) is 0 Å². The Morgan fingerprint density at radius 1 is 1.07 bits per heavy atom. The highest BCUT2D eigenvalue weighted by molar-refractivity contribution is 5.52. The molecule has 0 fully saturated rings. The van der Waals surface area contributed by atoms with Crippen molar-refractivity contribution in [1.29, 1.82) is 0 Å². The van der Waals surface area contributed by atoms with Crippen molar-refractivity contribution in [2.45, 2.75) is 0 Å². The highest BCUT2D eigenvalue weighted by Crippen LogP contribution is 2.07. The average Bonchev–Trinajstić information content (AvgIpc) is 2.82. The summed E-state index contributed by atoms with van der Waals surface area (Å²) < 4.78 is 0. The number of para-hydroxylation sites is 1. The molecular weight excluding hydrogens is 188 g/mol. The Balaban J connectivity index is 2.11. The second kappa shape index (κ2) is 3.16. The fraction of sp³-hybridized carbons (Fsp3) is 0. The Morgan fingerprint density at radius 2 is 2.00 bits per heavy atom. The van der Waals surface area contributed by atoms with E-state index in [1.807, 2.05) is 53.8 Å².